The van der Waals surface area contributed by atoms with E-state index in [2.05, 4.69) is 51.5 Å². The Hall–Kier alpha value is -2.61. The SMILES string of the molecule is CC(C)c1ccc(-c2nn3c(=O)c4n[nH]nc4nc3s2)cc1. The summed E-state index contributed by atoms with van der Waals surface area (Å²) in [7, 11) is 0. The molecular weight excluding hydrogens is 300 g/mol. The molecule has 7 nitrogen and oxygen atoms in total. The van der Waals surface area contributed by atoms with Crippen LogP contribution in [0, 0.1) is 0 Å². The van der Waals surface area contributed by atoms with E-state index in [0.29, 0.717) is 16.5 Å². The Morgan fingerprint density at radius 3 is 2.68 bits per heavy atom. The van der Waals surface area contributed by atoms with Gasteiger partial charge in [-0.3, -0.25) is 4.79 Å². The topological polar surface area (TPSA) is 88.8 Å². The van der Waals surface area contributed by atoms with Crippen LogP contribution in [0.4, 0.5) is 0 Å². The lowest BCUT2D eigenvalue weighted by Gasteiger charge is -2.04. The highest BCUT2D eigenvalue weighted by atomic mass is 32.1. The van der Waals surface area contributed by atoms with E-state index in [1.807, 2.05) is 12.1 Å². The van der Waals surface area contributed by atoms with Crippen molar-refractivity contribution in [1.29, 1.82) is 0 Å². The van der Waals surface area contributed by atoms with Crippen LogP contribution in [0.15, 0.2) is 29.1 Å². The molecule has 0 amide bonds. The molecular formula is C14H12N6OS. The first kappa shape index (κ1) is 13.1. The number of hydrogen-bond donors (Lipinski definition) is 1. The Labute approximate surface area is 128 Å². The maximum absolute atomic E-state index is 12.3. The lowest BCUT2D eigenvalue weighted by Crippen LogP contribution is -2.15. The first-order chi connectivity index (χ1) is 10.6. The highest BCUT2D eigenvalue weighted by Crippen LogP contribution is 2.26. The molecule has 0 unspecified atom stereocenters. The van der Waals surface area contributed by atoms with E-state index in [4.69, 9.17) is 0 Å². The van der Waals surface area contributed by atoms with Crippen molar-refractivity contribution in [3.05, 3.63) is 40.2 Å². The largest absolute Gasteiger partial charge is 0.305 e. The highest BCUT2D eigenvalue weighted by molar-refractivity contribution is 7.19. The number of hydrogen-bond acceptors (Lipinski definition) is 6. The van der Waals surface area contributed by atoms with E-state index >= 15 is 0 Å². The molecule has 110 valence electrons. The second-order valence-corrected chi connectivity index (χ2v) is 6.25. The number of rotatable bonds is 2. The molecule has 3 heterocycles. The number of nitrogens with zero attached hydrogens (tertiary/aromatic N) is 5. The molecule has 0 atom stereocenters. The highest BCUT2D eigenvalue weighted by Gasteiger charge is 2.14. The molecule has 0 saturated carbocycles. The molecule has 22 heavy (non-hydrogen) atoms. The van der Waals surface area contributed by atoms with Crippen molar-refractivity contribution in [3.8, 4) is 10.6 Å². The summed E-state index contributed by atoms with van der Waals surface area (Å²) in [6.45, 7) is 4.30. The van der Waals surface area contributed by atoms with Gasteiger partial charge in [0, 0.05) is 5.56 Å². The van der Waals surface area contributed by atoms with E-state index in [-0.39, 0.29) is 11.1 Å². The number of fused-ring (bicyclic) bond motifs is 2. The molecule has 1 aromatic carbocycles. The van der Waals surface area contributed by atoms with Crippen LogP contribution in [-0.4, -0.2) is 30.0 Å². The van der Waals surface area contributed by atoms with Crippen LogP contribution in [0.1, 0.15) is 25.3 Å². The summed E-state index contributed by atoms with van der Waals surface area (Å²) in [5.41, 5.74) is 2.43. The van der Waals surface area contributed by atoms with E-state index < -0.39 is 0 Å². The van der Waals surface area contributed by atoms with Crippen molar-refractivity contribution in [2.45, 2.75) is 19.8 Å². The smallest absolute Gasteiger partial charge is 0.265 e. The van der Waals surface area contributed by atoms with Crippen molar-refractivity contribution >= 4 is 27.5 Å². The van der Waals surface area contributed by atoms with Crippen molar-refractivity contribution in [2.75, 3.05) is 0 Å². The normalized spacial score (nSPS) is 11.8. The summed E-state index contributed by atoms with van der Waals surface area (Å²) < 4.78 is 1.28. The number of H-pyrrole nitrogens is 1. The monoisotopic (exact) mass is 312 g/mol. The van der Waals surface area contributed by atoms with Crippen LogP contribution in [0.3, 0.4) is 0 Å². The van der Waals surface area contributed by atoms with Crippen LogP contribution >= 0.6 is 11.3 Å². The molecule has 4 rings (SSSR count). The standard InChI is InChI=1S/C14H12N6OS/c1-7(2)8-3-5-9(6-4-8)12-18-20-13(21)10-11(17-19-16-10)15-14(20)22-12/h3-7H,1-2H3,(H,16,17,19). The van der Waals surface area contributed by atoms with Gasteiger partial charge in [-0.2, -0.15) is 19.8 Å². The number of aromatic amines is 1. The zero-order chi connectivity index (χ0) is 15.3. The fourth-order valence-corrected chi connectivity index (χ4v) is 3.14. The average molecular weight is 312 g/mol. The van der Waals surface area contributed by atoms with E-state index in [1.165, 1.54) is 21.4 Å². The van der Waals surface area contributed by atoms with Gasteiger partial charge in [0.05, 0.1) is 0 Å². The van der Waals surface area contributed by atoms with Gasteiger partial charge in [-0.15, -0.1) is 10.2 Å². The Kier molecular flexibility index (Phi) is 2.80. The van der Waals surface area contributed by atoms with Gasteiger partial charge >= 0.3 is 5.56 Å². The maximum Gasteiger partial charge on any atom is 0.305 e. The first-order valence-electron chi connectivity index (χ1n) is 6.84. The van der Waals surface area contributed by atoms with Crippen LogP contribution in [0.25, 0.3) is 26.7 Å². The minimum atomic E-state index is -0.310. The average Bonchev–Trinajstić information content (AvgIpc) is 3.14. The summed E-state index contributed by atoms with van der Waals surface area (Å²) in [6.07, 6.45) is 0. The van der Waals surface area contributed by atoms with Crippen molar-refractivity contribution in [2.24, 2.45) is 0 Å². The van der Waals surface area contributed by atoms with Crippen LogP contribution in [-0.2, 0) is 0 Å². The molecule has 0 radical (unpaired) electrons. The van der Waals surface area contributed by atoms with E-state index in [9.17, 15) is 4.79 Å². The van der Waals surface area contributed by atoms with Crippen LogP contribution < -0.4 is 5.56 Å². The lowest BCUT2D eigenvalue weighted by molar-refractivity contribution is 0.866. The fraction of sp³-hybridized carbons (Fsp3) is 0.214. The third-order valence-electron chi connectivity index (χ3n) is 3.51. The van der Waals surface area contributed by atoms with Crippen molar-refractivity contribution < 1.29 is 0 Å². The van der Waals surface area contributed by atoms with Crippen LogP contribution in [0.5, 0.6) is 0 Å². The molecule has 0 spiro atoms. The summed E-state index contributed by atoms with van der Waals surface area (Å²) in [5.74, 6) is 0.479. The molecule has 0 fully saturated rings. The summed E-state index contributed by atoms with van der Waals surface area (Å²) in [4.78, 5) is 17.1. The Bertz CT molecular complexity index is 1030. The first-order valence-corrected chi connectivity index (χ1v) is 7.66. The summed E-state index contributed by atoms with van der Waals surface area (Å²) >= 11 is 1.36. The molecule has 0 aliphatic heterocycles. The molecule has 3 aromatic heterocycles. The van der Waals surface area contributed by atoms with Gasteiger partial charge in [-0.1, -0.05) is 49.4 Å². The number of aromatic nitrogens is 6. The Morgan fingerprint density at radius 2 is 1.95 bits per heavy atom. The summed E-state index contributed by atoms with van der Waals surface area (Å²) in [6, 6.07) is 8.19. The molecule has 8 heteroatoms. The minimum Gasteiger partial charge on any atom is -0.265 e. The van der Waals surface area contributed by atoms with Gasteiger partial charge < -0.3 is 0 Å². The third-order valence-corrected chi connectivity index (χ3v) is 4.47. The number of benzene rings is 1. The maximum atomic E-state index is 12.3. The Balaban J connectivity index is 1.88. The Morgan fingerprint density at radius 1 is 1.18 bits per heavy atom. The molecule has 0 bridgehead atoms. The molecule has 0 saturated heterocycles. The lowest BCUT2D eigenvalue weighted by atomic mass is 10.0. The van der Waals surface area contributed by atoms with Crippen molar-refractivity contribution in [1.82, 2.24) is 30.0 Å². The molecule has 0 aliphatic carbocycles. The molecule has 0 aliphatic rings. The predicted molar refractivity (Wildman–Crippen MR) is 84.1 cm³/mol. The molecule has 4 aromatic rings. The second-order valence-electron chi connectivity index (χ2n) is 5.29. The van der Waals surface area contributed by atoms with Gasteiger partial charge in [0.1, 0.15) is 5.01 Å². The summed E-state index contributed by atoms with van der Waals surface area (Å²) in [5, 5.41) is 15.2. The van der Waals surface area contributed by atoms with Crippen LogP contribution in [0.2, 0.25) is 0 Å². The van der Waals surface area contributed by atoms with Gasteiger partial charge in [-0.25, -0.2) is 0 Å². The quantitative estimate of drug-likeness (QED) is 0.613. The second kappa shape index (κ2) is 4.70. The fourth-order valence-electron chi connectivity index (χ4n) is 2.25. The van der Waals surface area contributed by atoms with E-state index in [0.717, 1.165) is 10.6 Å². The predicted octanol–water partition coefficient (Wildman–Crippen LogP) is 2.21. The van der Waals surface area contributed by atoms with E-state index in [1.54, 1.807) is 0 Å². The van der Waals surface area contributed by atoms with Gasteiger partial charge in [0.25, 0.3) is 0 Å². The zero-order valence-electron chi connectivity index (χ0n) is 11.9. The minimum absolute atomic E-state index is 0.199. The zero-order valence-corrected chi connectivity index (χ0v) is 12.8. The number of nitrogens with one attached hydrogen (secondary N) is 1. The van der Waals surface area contributed by atoms with Gasteiger partial charge in [0.15, 0.2) is 5.52 Å². The van der Waals surface area contributed by atoms with Gasteiger partial charge in [-0.05, 0) is 11.5 Å². The third kappa shape index (κ3) is 1.92. The van der Waals surface area contributed by atoms with Crippen molar-refractivity contribution in [3.63, 3.8) is 0 Å². The molecule has 1 N–H and O–H groups in total. The van der Waals surface area contributed by atoms with Gasteiger partial charge in [0.2, 0.25) is 10.6 Å².